The van der Waals surface area contributed by atoms with Crippen LogP contribution in [0.4, 0.5) is 5.13 Å². The SMILES string of the molecule is COC(=O)c1csc(N(C)C(C)Cc2cccs2)n1. The molecule has 2 aromatic rings. The molecular weight excluding hydrogens is 280 g/mol. The normalized spacial score (nSPS) is 12.2. The molecule has 1 atom stereocenters. The van der Waals surface area contributed by atoms with Crippen LogP contribution in [0.5, 0.6) is 0 Å². The fourth-order valence-electron chi connectivity index (χ4n) is 1.67. The van der Waals surface area contributed by atoms with Gasteiger partial charge in [0.15, 0.2) is 10.8 Å². The number of anilines is 1. The molecule has 102 valence electrons. The number of ether oxygens (including phenoxy) is 1. The molecule has 0 aliphatic heterocycles. The van der Waals surface area contributed by atoms with Crippen molar-refractivity contribution in [1.29, 1.82) is 0 Å². The van der Waals surface area contributed by atoms with Gasteiger partial charge in [0.25, 0.3) is 0 Å². The molecule has 0 aliphatic carbocycles. The van der Waals surface area contributed by atoms with Crippen molar-refractivity contribution in [3.63, 3.8) is 0 Å². The van der Waals surface area contributed by atoms with Gasteiger partial charge in [-0.1, -0.05) is 6.07 Å². The Balaban J connectivity index is 2.04. The fourth-order valence-corrected chi connectivity index (χ4v) is 3.36. The Morgan fingerprint density at radius 2 is 2.32 bits per heavy atom. The molecule has 0 aromatic carbocycles. The van der Waals surface area contributed by atoms with Crippen molar-refractivity contribution in [2.24, 2.45) is 0 Å². The number of methoxy groups -OCH3 is 1. The molecule has 0 N–H and O–H groups in total. The summed E-state index contributed by atoms with van der Waals surface area (Å²) >= 11 is 3.22. The van der Waals surface area contributed by atoms with Crippen molar-refractivity contribution in [3.05, 3.63) is 33.5 Å². The summed E-state index contributed by atoms with van der Waals surface area (Å²) in [5.74, 6) is -0.387. The van der Waals surface area contributed by atoms with E-state index in [-0.39, 0.29) is 5.97 Å². The van der Waals surface area contributed by atoms with Crippen molar-refractivity contribution in [1.82, 2.24) is 4.98 Å². The van der Waals surface area contributed by atoms with Crippen LogP contribution < -0.4 is 4.90 Å². The zero-order chi connectivity index (χ0) is 13.8. The number of thiophene rings is 1. The number of aromatic nitrogens is 1. The number of carbonyl (C=O) groups is 1. The van der Waals surface area contributed by atoms with Gasteiger partial charge in [0.2, 0.25) is 0 Å². The van der Waals surface area contributed by atoms with Gasteiger partial charge in [0.05, 0.1) is 7.11 Å². The predicted molar refractivity (Wildman–Crippen MR) is 79.3 cm³/mol. The maximum Gasteiger partial charge on any atom is 0.357 e. The second-order valence-corrected chi connectivity index (χ2v) is 6.12. The lowest BCUT2D eigenvalue weighted by molar-refractivity contribution is 0.0595. The second kappa shape index (κ2) is 6.16. The van der Waals surface area contributed by atoms with E-state index < -0.39 is 0 Å². The van der Waals surface area contributed by atoms with E-state index in [1.54, 1.807) is 16.7 Å². The molecule has 2 rings (SSSR count). The average molecular weight is 296 g/mol. The first-order valence-corrected chi connectivity index (χ1v) is 7.66. The molecule has 0 amide bonds. The first-order valence-electron chi connectivity index (χ1n) is 5.91. The smallest absolute Gasteiger partial charge is 0.357 e. The third kappa shape index (κ3) is 3.33. The molecular formula is C13H16N2O2S2. The minimum Gasteiger partial charge on any atom is -0.464 e. The average Bonchev–Trinajstić information content (AvgIpc) is 3.07. The molecule has 0 aliphatic rings. The Bertz CT molecular complexity index is 537. The van der Waals surface area contributed by atoms with E-state index in [1.165, 1.54) is 23.3 Å². The number of hydrogen-bond donors (Lipinski definition) is 0. The highest BCUT2D eigenvalue weighted by atomic mass is 32.1. The molecule has 19 heavy (non-hydrogen) atoms. The maximum absolute atomic E-state index is 11.4. The van der Waals surface area contributed by atoms with Gasteiger partial charge >= 0.3 is 5.97 Å². The molecule has 2 heterocycles. The lowest BCUT2D eigenvalue weighted by Gasteiger charge is -2.23. The Morgan fingerprint density at radius 3 is 2.95 bits per heavy atom. The largest absolute Gasteiger partial charge is 0.464 e. The van der Waals surface area contributed by atoms with Gasteiger partial charge in [-0.25, -0.2) is 9.78 Å². The van der Waals surface area contributed by atoms with Gasteiger partial charge in [-0.15, -0.1) is 22.7 Å². The number of carbonyl (C=O) groups excluding carboxylic acids is 1. The van der Waals surface area contributed by atoms with Gasteiger partial charge in [0.1, 0.15) is 0 Å². The van der Waals surface area contributed by atoms with Crippen LogP contribution in [0, 0.1) is 0 Å². The molecule has 0 fully saturated rings. The molecule has 2 aromatic heterocycles. The molecule has 0 saturated heterocycles. The predicted octanol–water partition coefficient (Wildman–Crippen LogP) is 3.06. The van der Waals surface area contributed by atoms with Crippen LogP contribution in [0.2, 0.25) is 0 Å². The summed E-state index contributed by atoms with van der Waals surface area (Å²) in [7, 11) is 3.36. The lowest BCUT2D eigenvalue weighted by Crippen LogP contribution is -2.30. The Labute approximate surface area is 120 Å². The van der Waals surface area contributed by atoms with E-state index in [0.29, 0.717) is 11.7 Å². The van der Waals surface area contributed by atoms with E-state index in [2.05, 4.69) is 39.1 Å². The summed E-state index contributed by atoms with van der Waals surface area (Å²) in [5.41, 5.74) is 0.373. The first kappa shape index (κ1) is 14.0. The Kier molecular flexibility index (Phi) is 4.55. The van der Waals surface area contributed by atoms with Crippen LogP contribution in [0.15, 0.2) is 22.9 Å². The van der Waals surface area contributed by atoms with Crippen LogP contribution in [-0.4, -0.2) is 31.2 Å². The van der Waals surface area contributed by atoms with E-state index in [1.807, 2.05) is 7.05 Å². The lowest BCUT2D eigenvalue weighted by atomic mass is 10.2. The van der Waals surface area contributed by atoms with Crippen LogP contribution in [0.1, 0.15) is 22.3 Å². The number of thiazole rings is 1. The third-order valence-electron chi connectivity index (χ3n) is 2.93. The van der Waals surface area contributed by atoms with Crippen LogP contribution in [0.3, 0.4) is 0 Å². The van der Waals surface area contributed by atoms with Gasteiger partial charge in [0, 0.05) is 29.8 Å². The fraction of sp³-hybridized carbons (Fsp3) is 0.385. The molecule has 0 saturated carbocycles. The van der Waals surface area contributed by atoms with E-state index in [9.17, 15) is 4.79 Å². The van der Waals surface area contributed by atoms with Crippen molar-refractivity contribution >= 4 is 33.8 Å². The summed E-state index contributed by atoms with van der Waals surface area (Å²) in [6, 6.07) is 4.53. The molecule has 0 spiro atoms. The summed E-state index contributed by atoms with van der Waals surface area (Å²) in [6.45, 7) is 2.15. The molecule has 1 unspecified atom stereocenters. The standard InChI is InChI=1S/C13H16N2O2S2/c1-9(7-10-5-4-6-18-10)15(2)13-14-11(8-19-13)12(16)17-3/h4-6,8-9H,7H2,1-3H3. The van der Waals surface area contributed by atoms with E-state index in [0.717, 1.165) is 11.6 Å². The van der Waals surface area contributed by atoms with Crippen molar-refractivity contribution in [3.8, 4) is 0 Å². The molecule has 0 radical (unpaired) electrons. The van der Waals surface area contributed by atoms with Crippen molar-refractivity contribution in [2.45, 2.75) is 19.4 Å². The zero-order valence-electron chi connectivity index (χ0n) is 11.1. The number of nitrogens with zero attached hydrogens (tertiary/aromatic N) is 2. The van der Waals surface area contributed by atoms with Gasteiger partial charge in [-0.2, -0.15) is 0 Å². The van der Waals surface area contributed by atoms with E-state index in [4.69, 9.17) is 0 Å². The summed E-state index contributed by atoms with van der Waals surface area (Å²) < 4.78 is 4.66. The van der Waals surface area contributed by atoms with Gasteiger partial charge < -0.3 is 9.64 Å². The summed E-state index contributed by atoms with van der Waals surface area (Å²) in [5, 5.41) is 4.65. The van der Waals surface area contributed by atoms with E-state index >= 15 is 0 Å². The van der Waals surface area contributed by atoms with Gasteiger partial charge in [-0.3, -0.25) is 0 Å². The molecule has 6 heteroatoms. The number of esters is 1. The minimum atomic E-state index is -0.387. The van der Waals surface area contributed by atoms with Crippen LogP contribution in [0.25, 0.3) is 0 Å². The van der Waals surface area contributed by atoms with Gasteiger partial charge in [-0.05, 0) is 18.4 Å². The van der Waals surface area contributed by atoms with Crippen molar-refractivity contribution < 1.29 is 9.53 Å². The highest BCUT2D eigenvalue weighted by molar-refractivity contribution is 7.14. The molecule has 4 nitrogen and oxygen atoms in total. The monoisotopic (exact) mass is 296 g/mol. The number of hydrogen-bond acceptors (Lipinski definition) is 6. The van der Waals surface area contributed by atoms with Crippen LogP contribution >= 0.6 is 22.7 Å². The first-order chi connectivity index (χ1) is 9.11. The quantitative estimate of drug-likeness (QED) is 0.795. The minimum absolute atomic E-state index is 0.329. The zero-order valence-corrected chi connectivity index (χ0v) is 12.8. The van der Waals surface area contributed by atoms with Crippen molar-refractivity contribution in [2.75, 3.05) is 19.1 Å². The Hall–Kier alpha value is -1.40. The topological polar surface area (TPSA) is 42.4 Å². The highest BCUT2D eigenvalue weighted by Gasteiger charge is 2.17. The summed E-state index contributed by atoms with van der Waals surface area (Å²) in [4.78, 5) is 19.1. The third-order valence-corrected chi connectivity index (χ3v) is 4.76. The number of likely N-dealkylation sites (N-methyl/N-ethyl adjacent to an activating group) is 1. The van der Waals surface area contributed by atoms with Crippen LogP contribution in [-0.2, 0) is 11.2 Å². The Morgan fingerprint density at radius 1 is 1.53 bits per heavy atom. The summed E-state index contributed by atoms with van der Waals surface area (Å²) in [6.07, 6.45) is 0.974. The number of rotatable bonds is 5. The molecule has 0 bridgehead atoms. The second-order valence-electron chi connectivity index (χ2n) is 4.25. The highest BCUT2D eigenvalue weighted by Crippen LogP contribution is 2.23. The maximum atomic E-state index is 11.4.